The largest absolute Gasteiger partial charge is 0.175 e. The Morgan fingerprint density at radius 2 is 1.12 bits per heavy atom. The van der Waals surface area contributed by atoms with Gasteiger partial charge in [0.2, 0.25) is 0 Å². The number of aromatic nitrogens is 2. The van der Waals surface area contributed by atoms with E-state index in [-0.39, 0.29) is 0 Å². The Morgan fingerprint density at radius 1 is 0.680 bits per heavy atom. The quantitative estimate of drug-likeness (QED) is 0.436. The topological polar surface area (TPSA) is 25.8 Å². The highest BCUT2D eigenvalue weighted by atomic mass is 32.2. The van der Waals surface area contributed by atoms with E-state index in [1.807, 2.05) is 36.4 Å². The van der Waals surface area contributed by atoms with E-state index in [4.69, 9.17) is 0 Å². The van der Waals surface area contributed by atoms with Crippen LogP contribution in [0.4, 0.5) is 0 Å². The minimum absolute atomic E-state index is 0.905. The van der Waals surface area contributed by atoms with Crippen molar-refractivity contribution in [3.05, 3.63) is 83.9 Å². The van der Waals surface area contributed by atoms with Crippen LogP contribution in [-0.2, 0) is 0 Å². The maximum Gasteiger partial charge on any atom is 0.175 e. The van der Waals surface area contributed by atoms with Crippen LogP contribution in [0.2, 0.25) is 0 Å². The minimum atomic E-state index is 0.905. The second-order valence-corrected chi connectivity index (χ2v) is 8.59. The van der Waals surface area contributed by atoms with Gasteiger partial charge in [0.1, 0.15) is 0 Å². The average Bonchev–Trinajstić information content (AvgIpc) is 3.12. The van der Waals surface area contributed by atoms with Gasteiger partial charge in [0, 0.05) is 11.5 Å². The smallest absolute Gasteiger partial charge is 0.131 e. The Bertz CT molecular complexity index is 743. The summed E-state index contributed by atoms with van der Waals surface area (Å²) in [6.07, 6.45) is 8.60. The van der Waals surface area contributed by atoms with Crippen molar-refractivity contribution in [2.75, 3.05) is 11.5 Å². The average molecular weight is 383 g/mol. The molecule has 0 radical (unpaired) electrons. The molecule has 126 valence electrons. The molecule has 3 rings (SSSR count). The van der Waals surface area contributed by atoms with E-state index >= 15 is 0 Å². The molecule has 3 aromatic rings. The van der Waals surface area contributed by atoms with Crippen LogP contribution >= 0.6 is 34.9 Å². The van der Waals surface area contributed by atoms with Gasteiger partial charge in [0.15, 0.2) is 8.68 Å². The summed E-state index contributed by atoms with van der Waals surface area (Å²) in [5, 5.41) is 8.50. The number of nitrogens with zero attached hydrogens (tertiary/aromatic N) is 2. The van der Waals surface area contributed by atoms with Crippen LogP contribution in [0.3, 0.4) is 0 Å². The van der Waals surface area contributed by atoms with Crippen LogP contribution < -0.4 is 0 Å². The van der Waals surface area contributed by atoms with Gasteiger partial charge in [-0.15, -0.1) is 10.2 Å². The third-order valence-corrected chi connectivity index (χ3v) is 6.31. The first-order valence-corrected chi connectivity index (χ1v) is 10.7. The van der Waals surface area contributed by atoms with Crippen LogP contribution in [0, 0.1) is 0 Å². The molecule has 1 heterocycles. The first-order chi connectivity index (χ1) is 12.4. The summed E-state index contributed by atoms with van der Waals surface area (Å²) in [4.78, 5) is 0. The lowest BCUT2D eigenvalue weighted by Crippen LogP contribution is -1.75. The lowest BCUT2D eigenvalue weighted by Gasteiger charge is -1.92. The highest BCUT2D eigenvalue weighted by molar-refractivity contribution is 8.03. The molecule has 0 saturated carbocycles. The van der Waals surface area contributed by atoms with Gasteiger partial charge in [0.25, 0.3) is 0 Å². The van der Waals surface area contributed by atoms with Crippen molar-refractivity contribution in [3.63, 3.8) is 0 Å². The Balaban J connectivity index is 1.40. The van der Waals surface area contributed by atoms with Crippen LogP contribution in [0.25, 0.3) is 12.2 Å². The summed E-state index contributed by atoms with van der Waals surface area (Å²) in [7, 11) is 0. The van der Waals surface area contributed by atoms with Crippen LogP contribution in [0.5, 0.6) is 0 Å². The number of hydrogen-bond acceptors (Lipinski definition) is 5. The van der Waals surface area contributed by atoms with Crippen molar-refractivity contribution in [3.8, 4) is 0 Å². The van der Waals surface area contributed by atoms with E-state index in [1.54, 1.807) is 34.9 Å². The maximum atomic E-state index is 4.25. The molecule has 0 spiro atoms. The Morgan fingerprint density at radius 3 is 1.56 bits per heavy atom. The van der Waals surface area contributed by atoms with Gasteiger partial charge in [0.05, 0.1) is 0 Å². The zero-order valence-corrected chi connectivity index (χ0v) is 16.1. The fourth-order valence-corrected chi connectivity index (χ4v) is 4.74. The molecular weight excluding hydrogens is 364 g/mol. The predicted octanol–water partition coefficient (Wildman–Crippen LogP) is 6.15. The summed E-state index contributed by atoms with van der Waals surface area (Å²) in [5.74, 6) is 1.81. The molecule has 0 aliphatic carbocycles. The van der Waals surface area contributed by atoms with Gasteiger partial charge in [-0.1, -0.05) is 120 Å². The molecule has 5 heteroatoms. The van der Waals surface area contributed by atoms with Crippen molar-refractivity contribution >= 4 is 47.0 Å². The third-order valence-electron chi connectivity index (χ3n) is 3.21. The van der Waals surface area contributed by atoms with Gasteiger partial charge >= 0.3 is 0 Å². The Kier molecular flexibility index (Phi) is 7.36. The first-order valence-electron chi connectivity index (χ1n) is 7.92. The number of hydrogen-bond donors (Lipinski definition) is 0. The van der Waals surface area contributed by atoms with Gasteiger partial charge in [-0.25, -0.2) is 0 Å². The second kappa shape index (κ2) is 10.2. The minimum Gasteiger partial charge on any atom is -0.131 e. The fourth-order valence-electron chi connectivity index (χ4n) is 2.05. The van der Waals surface area contributed by atoms with Gasteiger partial charge in [-0.2, -0.15) is 0 Å². The molecule has 0 amide bonds. The predicted molar refractivity (Wildman–Crippen MR) is 112 cm³/mol. The van der Waals surface area contributed by atoms with E-state index in [2.05, 4.69) is 58.8 Å². The van der Waals surface area contributed by atoms with Gasteiger partial charge < -0.3 is 0 Å². The zero-order chi connectivity index (χ0) is 17.2. The van der Waals surface area contributed by atoms with E-state index in [1.165, 1.54) is 11.1 Å². The Labute approximate surface area is 161 Å². The highest BCUT2D eigenvalue weighted by Gasteiger charge is 2.03. The molecule has 0 fully saturated rings. The molecule has 0 aliphatic rings. The lowest BCUT2D eigenvalue weighted by atomic mass is 10.2. The summed E-state index contributed by atoms with van der Waals surface area (Å²) in [6.45, 7) is 0. The third kappa shape index (κ3) is 6.53. The van der Waals surface area contributed by atoms with E-state index in [0.717, 1.165) is 20.2 Å². The zero-order valence-electron chi connectivity index (χ0n) is 13.6. The first kappa shape index (κ1) is 18.0. The summed E-state index contributed by atoms with van der Waals surface area (Å²) in [5.41, 5.74) is 2.45. The second-order valence-electron chi connectivity index (χ2n) is 5.08. The summed E-state index contributed by atoms with van der Waals surface area (Å²) in [6, 6.07) is 20.7. The van der Waals surface area contributed by atoms with E-state index in [0.29, 0.717) is 0 Å². The molecule has 0 N–H and O–H groups in total. The maximum absolute atomic E-state index is 4.25. The number of thioether (sulfide) groups is 2. The molecule has 0 bridgehead atoms. The van der Waals surface area contributed by atoms with Crippen molar-refractivity contribution in [2.24, 2.45) is 0 Å². The molecule has 0 unspecified atom stereocenters. The molecule has 2 aromatic carbocycles. The fraction of sp³-hybridized carbons (Fsp3) is 0.100. The van der Waals surface area contributed by atoms with Gasteiger partial charge in [-0.05, 0) is 11.1 Å². The molecule has 25 heavy (non-hydrogen) atoms. The van der Waals surface area contributed by atoms with Crippen LogP contribution in [0.1, 0.15) is 11.1 Å². The van der Waals surface area contributed by atoms with Crippen molar-refractivity contribution < 1.29 is 0 Å². The van der Waals surface area contributed by atoms with E-state index in [9.17, 15) is 0 Å². The lowest BCUT2D eigenvalue weighted by molar-refractivity contribution is 0.956. The van der Waals surface area contributed by atoms with Crippen molar-refractivity contribution in [1.82, 2.24) is 10.2 Å². The van der Waals surface area contributed by atoms with E-state index < -0.39 is 0 Å². The standard InChI is InChI=1S/C20H18N2S3/c1-3-9-17(10-4-1)13-7-15-23-19-21-22-20(25-19)24-16-8-14-18-11-5-2-6-12-18/h1-14H,15-16H2. The highest BCUT2D eigenvalue weighted by Crippen LogP contribution is 2.29. The number of rotatable bonds is 8. The molecule has 0 atom stereocenters. The van der Waals surface area contributed by atoms with Crippen LogP contribution in [0.15, 0.2) is 81.5 Å². The SMILES string of the molecule is C(=Cc1ccccc1)CSc1nnc(SCC=Cc2ccccc2)s1. The monoisotopic (exact) mass is 382 g/mol. The Hall–Kier alpha value is -1.82. The molecule has 0 aliphatic heterocycles. The normalized spacial score (nSPS) is 11.5. The molecular formula is C20H18N2S3. The van der Waals surface area contributed by atoms with Crippen molar-refractivity contribution in [2.45, 2.75) is 8.68 Å². The summed E-state index contributed by atoms with van der Waals surface area (Å²) < 4.78 is 2.04. The number of benzene rings is 2. The summed E-state index contributed by atoms with van der Waals surface area (Å²) >= 11 is 5.11. The van der Waals surface area contributed by atoms with Gasteiger partial charge in [-0.3, -0.25) is 0 Å². The molecule has 0 saturated heterocycles. The molecule has 2 nitrogen and oxygen atoms in total. The van der Waals surface area contributed by atoms with Crippen LogP contribution in [-0.4, -0.2) is 21.7 Å². The van der Waals surface area contributed by atoms with Crippen molar-refractivity contribution in [1.29, 1.82) is 0 Å². The molecule has 1 aromatic heterocycles.